The van der Waals surface area contributed by atoms with Crippen molar-refractivity contribution in [2.75, 3.05) is 6.54 Å². The third-order valence-electron chi connectivity index (χ3n) is 5.25. The monoisotopic (exact) mass is 395 g/mol. The normalized spacial score (nSPS) is 15.0. The molecule has 4 aromatic rings. The molecule has 1 fully saturated rings. The number of nitrogens with zero attached hydrogens (tertiary/aromatic N) is 6. The highest BCUT2D eigenvalue weighted by molar-refractivity contribution is 7.16. The molecule has 0 saturated heterocycles. The second-order valence-corrected chi connectivity index (χ2v) is 8.40. The number of carbonyl (C=O) groups is 1. The number of fused-ring (bicyclic) bond motifs is 2. The number of aryl methyl sites for hydroxylation is 1. The van der Waals surface area contributed by atoms with Crippen LogP contribution in [0.5, 0.6) is 0 Å². The molecule has 1 amide bonds. The SMILES string of the molecule is Cc1nn2cc(CCNC(=O)c3cnc4c(c3)ncn4C3CCCC3)nc2s1. The standard InChI is InChI=1S/C19H21N7OS/c1-12-24-26-10-14(23-19(26)28-12)6-7-20-18(27)13-8-16-17(21-9-13)25(11-22-16)15-4-2-3-5-15/h8-11,15H,2-7H2,1H3,(H,20,27). The van der Waals surface area contributed by atoms with Crippen LogP contribution in [0.15, 0.2) is 24.8 Å². The molecule has 1 saturated carbocycles. The molecule has 4 aromatic heterocycles. The largest absolute Gasteiger partial charge is 0.352 e. The van der Waals surface area contributed by atoms with Gasteiger partial charge >= 0.3 is 0 Å². The van der Waals surface area contributed by atoms with Gasteiger partial charge in [-0.3, -0.25) is 4.79 Å². The molecule has 1 N–H and O–H groups in total. The van der Waals surface area contributed by atoms with Crippen molar-refractivity contribution in [3.8, 4) is 0 Å². The van der Waals surface area contributed by atoms with Gasteiger partial charge in [0.05, 0.1) is 23.8 Å². The molecule has 0 radical (unpaired) electrons. The van der Waals surface area contributed by atoms with Crippen LogP contribution in [0.4, 0.5) is 0 Å². The van der Waals surface area contributed by atoms with E-state index in [9.17, 15) is 4.79 Å². The van der Waals surface area contributed by atoms with E-state index in [4.69, 9.17) is 0 Å². The van der Waals surface area contributed by atoms with Crippen molar-refractivity contribution in [1.29, 1.82) is 0 Å². The summed E-state index contributed by atoms with van der Waals surface area (Å²) in [6.07, 6.45) is 10.9. The van der Waals surface area contributed by atoms with Crippen LogP contribution in [0.1, 0.15) is 52.8 Å². The maximum atomic E-state index is 12.5. The third kappa shape index (κ3) is 3.15. The maximum Gasteiger partial charge on any atom is 0.252 e. The van der Waals surface area contributed by atoms with Gasteiger partial charge in [0, 0.05) is 25.2 Å². The zero-order valence-electron chi connectivity index (χ0n) is 15.6. The highest BCUT2D eigenvalue weighted by Crippen LogP contribution is 2.31. The van der Waals surface area contributed by atoms with Crippen LogP contribution in [-0.4, -0.2) is 41.6 Å². The minimum Gasteiger partial charge on any atom is -0.352 e. The molecular formula is C19H21N7OS. The van der Waals surface area contributed by atoms with Crippen LogP contribution in [0, 0.1) is 6.92 Å². The number of amides is 1. The predicted octanol–water partition coefficient (Wildman–Crippen LogP) is 2.93. The van der Waals surface area contributed by atoms with Crippen LogP contribution >= 0.6 is 11.3 Å². The van der Waals surface area contributed by atoms with E-state index in [1.807, 2.05) is 25.5 Å². The lowest BCUT2D eigenvalue weighted by molar-refractivity contribution is 0.0954. The Morgan fingerprint density at radius 2 is 2.18 bits per heavy atom. The van der Waals surface area contributed by atoms with Crippen molar-refractivity contribution in [2.45, 2.75) is 45.1 Å². The first-order valence-corrected chi connectivity index (χ1v) is 10.4. The van der Waals surface area contributed by atoms with Crippen molar-refractivity contribution in [3.05, 3.63) is 41.1 Å². The first-order chi connectivity index (χ1) is 13.7. The predicted molar refractivity (Wildman–Crippen MR) is 107 cm³/mol. The molecule has 144 valence electrons. The Labute approximate surface area is 165 Å². The van der Waals surface area contributed by atoms with E-state index in [1.165, 1.54) is 25.7 Å². The fraction of sp³-hybridized carbons (Fsp3) is 0.421. The number of rotatable bonds is 5. The Morgan fingerprint density at radius 3 is 3.00 bits per heavy atom. The molecule has 0 unspecified atom stereocenters. The highest BCUT2D eigenvalue weighted by atomic mass is 32.1. The Morgan fingerprint density at radius 1 is 1.32 bits per heavy atom. The number of imidazole rings is 2. The molecule has 9 heteroatoms. The molecule has 1 aliphatic rings. The van der Waals surface area contributed by atoms with Crippen molar-refractivity contribution in [3.63, 3.8) is 0 Å². The van der Waals surface area contributed by atoms with Gasteiger partial charge in [-0.05, 0) is 25.8 Å². The Balaban J connectivity index is 1.24. The number of carbonyl (C=O) groups excluding carboxylic acids is 1. The van der Waals surface area contributed by atoms with Gasteiger partial charge in [0.15, 0.2) is 5.65 Å². The van der Waals surface area contributed by atoms with Crippen LogP contribution in [-0.2, 0) is 6.42 Å². The fourth-order valence-electron chi connectivity index (χ4n) is 3.86. The molecular weight excluding hydrogens is 374 g/mol. The zero-order chi connectivity index (χ0) is 19.1. The van der Waals surface area contributed by atoms with E-state index in [-0.39, 0.29) is 5.91 Å². The number of nitrogens with one attached hydrogen (secondary N) is 1. The second-order valence-electron chi connectivity index (χ2n) is 7.24. The van der Waals surface area contributed by atoms with Crippen molar-refractivity contribution in [1.82, 2.24) is 34.4 Å². The van der Waals surface area contributed by atoms with Crippen LogP contribution < -0.4 is 5.32 Å². The van der Waals surface area contributed by atoms with Gasteiger partial charge in [-0.25, -0.2) is 19.5 Å². The quantitative estimate of drug-likeness (QED) is 0.561. The van der Waals surface area contributed by atoms with Gasteiger partial charge in [0.1, 0.15) is 10.5 Å². The fourth-order valence-corrected chi connectivity index (χ4v) is 4.61. The summed E-state index contributed by atoms with van der Waals surface area (Å²) in [5.74, 6) is -0.139. The molecule has 4 heterocycles. The van der Waals surface area contributed by atoms with E-state index in [0.717, 1.165) is 26.8 Å². The van der Waals surface area contributed by atoms with E-state index in [2.05, 4.69) is 29.9 Å². The summed E-state index contributed by atoms with van der Waals surface area (Å²) in [6.45, 7) is 2.47. The molecule has 0 aromatic carbocycles. The van der Waals surface area contributed by atoms with E-state index >= 15 is 0 Å². The van der Waals surface area contributed by atoms with Gasteiger partial charge in [0.2, 0.25) is 4.96 Å². The lowest BCUT2D eigenvalue weighted by atomic mass is 10.2. The Hall–Kier alpha value is -2.81. The second kappa shape index (κ2) is 6.97. The molecule has 0 bridgehead atoms. The average molecular weight is 395 g/mol. The summed E-state index contributed by atoms with van der Waals surface area (Å²) in [5.41, 5.74) is 3.09. The third-order valence-corrected chi connectivity index (χ3v) is 6.09. The summed E-state index contributed by atoms with van der Waals surface area (Å²) in [7, 11) is 0. The molecule has 8 nitrogen and oxygen atoms in total. The van der Waals surface area contributed by atoms with Gasteiger partial charge in [0.25, 0.3) is 5.91 Å². The Kier molecular flexibility index (Phi) is 4.31. The topological polar surface area (TPSA) is 90.0 Å². The van der Waals surface area contributed by atoms with Gasteiger partial charge < -0.3 is 9.88 Å². The molecule has 28 heavy (non-hydrogen) atoms. The first kappa shape index (κ1) is 17.3. The van der Waals surface area contributed by atoms with Gasteiger partial charge in [-0.1, -0.05) is 24.2 Å². The summed E-state index contributed by atoms with van der Waals surface area (Å²) < 4.78 is 3.94. The maximum absolute atomic E-state index is 12.5. The van der Waals surface area contributed by atoms with Crippen LogP contribution in [0.25, 0.3) is 16.1 Å². The molecule has 0 aliphatic heterocycles. The molecule has 0 spiro atoms. The minimum atomic E-state index is -0.139. The van der Waals surface area contributed by atoms with Crippen molar-refractivity contribution >= 4 is 33.4 Å². The minimum absolute atomic E-state index is 0.139. The number of hydrogen-bond donors (Lipinski definition) is 1. The summed E-state index contributed by atoms with van der Waals surface area (Å²) in [4.78, 5) is 26.9. The van der Waals surface area contributed by atoms with Crippen molar-refractivity contribution < 1.29 is 4.79 Å². The lowest BCUT2D eigenvalue weighted by Crippen LogP contribution is -2.25. The number of aromatic nitrogens is 6. The van der Waals surface area contributed by atoms with E-state index in [1.54, 1.807) is 22.0 Å². The summed E-state index contributed by atoms with van der Waals surface area (Å²) in [6, 6.07) is 2.31. The lowest BCUT2D eigenvalue weighted by Gasteiger charge is -2.11. The van der Waals surface area contributed by atoms with Gasteiger partial charge in [-0.2, -0.15) is 5.10 Å². The smallest absolute Gasteiger partial charge is 0.252 e. The van der Waals surface area contributed by atoms with Crippen LogP contribution in [0.2, 0.25) is 0 Å². The van der Waals surface area contributed by atoms with E-state index in [0.29, 0.717) is 24.6 Å². The first-order valence-electron chi connectivity index (χ1n) is 9.60. The molecule has 1 aliphatic carbocycles. The average Bonchev–Trinajstić information content (AvgIpc) is 3.43. The molecule has 0 atom stereocenters. The zero-order valence-corrected chi connectivity index (χ0v) is 16.4. The van der Waals surface area contributed by atoms with Crippen LogP contribution in [0.3, 0.4) is 0 Å². The van der Waals surface area contributed by atoms with Crippen molar-refractivity contribution in [2.24, 2.45) is 0 Å². The van der Waals surface area contributed by atoms with E-state index < -0.39 is 0 Å². The molecule has 5 rings (SSSR count). The summed E-state index contributed by atoms with van der Waals surface area (Å²) >= 11 is 1.56. The number of pyridine rings is 1. The highest BCUT2D eigenvalue weighted by Gasteiger charge is 2.20. The summed E-state index contributed by atoms with van der Waals surface area (Å²) in [5, 5.41) is 8.28. The number of hydrogen-bond acceptors (Lipinski definition) is 6. The Bertz CT molecular complexity index is 1120. The van der Waals surface area contributed by atoms with Gasteiger partial charge in [-0.15, -0.1) is 0 Å².